The Morgan fingerprint density at radius 3 is 2.76 bits per heavy atom. The second-order valence-corrected chi connectivity index (χ2v) is 4.18. The van der Waals surface area contributed by atoms with Crippen molar-refractivity contribution in [1.29, 1.82) is 0 Å². The average molecular weight is 231 g/mol. The van der Waals surface area contributed by atoms with E-state index in [1.807, 2.05) is 32.0 Å². The number of pyridine rings is 1. The normalized spacial score (nSPS) is 12.4. The monoisotopic (exact) mass is 231 g/mol. The van der Waals surface area contributed by atoms with Gasteiger partial charge in [0.25, 0.3) is 0 Å². The summed E-state index contributed by atoms with van der Waals surface area (Å²) in [5.41, 5.74) is 7.62. The maximum atomic E-state index is 5.84. The van der Waals surface area contributed by atoms with Crippen LogP contribution in [0.25, 0.3) is 0 Å². The molecular weight excluding hydrogens is 214 g/mol. The molecule has 4 heteroatoms. The highest BCUT2D eigenvalue weighted by atomic mass is 16.3. The summed E-state index contributed by atoms with van der Waals surface area (Å²) < 4.78 is 5.51. The number of nitrogens with two attached hydrogens (primary N) is 1. The molecule has 0 spiro atoms. The second-order valence-electron chi connectivity index (χ2n) is 4.18. The molecule has 0 fully saturated rings. The van der Waals surface area contributed by atoms with Gasteiger partial charge in [-0.15, -0.1) is 0 Å². The van der Waals surface area contributed by atoms with Gasteiger partial charge in [0.1, 0.15) is 17.3 Å². The van der Waals surface area contributed by atoms with Gasteiger partial charge in [0.15, 0.2) is 0 Å². The van der Waals surface area contributed by atoms with E-state index in [0.29, 0.717) is 11.5 Å². The Morgan fingerprint density at radius 1 is 1.41 bits per heavy atom. The molecule has 0 aromatic carbocycles. The van der Waals surface area contributed by atoms with Crippen molar-refractivity contribution in [1.82, 2.24) is 4.98 Å². The van der Waals surface area contributed by atoms with Crippen molar-refractivity contribution in [3.63, 3.8) is 0 Å². The SMILES string of the molecule is Cc1cc(C(C)Nc2ncccc2N)c(C)o1. The number of hydrogen-bond donors (Lipinski definition) is 2. The van der Waals surface area contributed by atoms with Gasteiger partial charge in [-0.1, -0.05) is 0 Å². The number of nitrogens with zero attached hydrogens (tertiary/aromatic N) is 1. The summed E-state index contributed by atoms with van der Waals surface area (Å²) in [4.78, 5) is 4.21. The van der Waals surface area contributed by atoms with E-state index in [2.05, 4.69) is 17.2 Å². The Balaban J connectivity index is 2.20. The number of aromatic nitrogens is 1. The fourth-order valence-electron chi connectivity index (χ4n) is 1.90. The van der Waals surface area contributed by atoms with Gasteiger partial charge in [0.05, 0.1) is 11.7 Å². The molecule has 1 atom stereocenters. The summed E-state index contributed by atoms with van der Waals surface area (Å²) in [6, 6.07) is 5.80. The van der Waals surface area contributed by atoms with E-state index in [0.717, 1.165) is 17.1 Å². The van der Waals surface area contributed by atoms with Crippen molar-refractivity contribution in [2.75, 3.05) is 11.1 Å². The molecule has 90 valence electrons. The van der Waals surface area contributed by atoms with E-state index < -0.39 is 0 Å². The summed E-state index contributed by atoms with van der Waals surface area (Å²) in [5, 5.41) is 3.28. The van der Waals surface area contributed by atoms with Crippen LogP contribution in [0.4, 0.5) is 11.5 Å². The minimum atomic E-state index is 0.115. The summed E-state index contributed by atoms with van der Waals surface area (Å²) in [6.45, 7) is 5.96. The molecule has 0 bridgehead atoms. The summed E-state index contributed by atoms with van der Waals surface area (Å²) in [6.07, 6.45) is 1.72. The van der Waals surface area contributed by atoms with Gasteiger partial charge in [0, 0.05) is 11.8 Å². The first-order valence-electron chi connectivity index (χ1n) is 5.62. The van der Waals surface area contributed by atoms with Crippen LogP contribution in [0, 0.1) is 13.8 Å². The lowest BCUT2D eigenvalue weighted by Crippen LogP contribution is -2.09. The molecule has 1 unspecified atom stereocenters. The van der Waals surface area contributed by atoms with E-state index >= 15 is 0 Å². The molecule has 4 nitrogen and oxygen atoms in total. The molecule has 2 heterocycles. The molecule has 0 aliphatic rings. The first-order valence-corrected chi connectivity index (χ1v) is 5.62. The molecule has 2 aromatic rings. The molecule has 0 saturated heterocycles. The van der Waals surface area contributed by atoms with E-state index in [1.165, 1.54) is 0 Å². The van der Waals surface area contributed by atoms with Crippen LogP contribution in [0.3, 0.4) is 0 Å². The fourth-order valence-corrected chi connectivity index (χ4v) is 1.90. The van der Waals surface area contributed by atoms with E-state index in [-0.39, 0.29) is 6.04 Å². The number of nitrogen functional groups attached to an aromatic ring is 1. The van der Waals surface area contributed by atoms with Crippen molar-refractivity contribution >= 4 is 11.5 Å². The van der Waals surface area contributed by atoms with Crippen molar-refractivity contribution < 1.29 is 4.42 Å². The molecule has 2 rings (SSSR count). The molecule has 17 heavy (non-hydrogen) atoms. The molecule has 0 aliphatic carbocycles. The van der Waals surface area contributed by atoms with Crippen molar-refractivity contribution in [2.45, 2.75) is 26.8 Å². The summed E-state index contributed by atoms with van der Waals surface area (Å²) >= 11 is 0. The summed E-state index contributed by atoms with van der Waals surface area (Å²) in [7, 11) is 0. The van der Waals surface area contributed by atoms with Gasteiger partial charge in [-0.2, -0.15) is 0 Å². The molecule has 0 amide bonds. The highest BCUT2D eigenvalue weighted by Gasteiger charge is 2.13. The number of aryl methyl sites for hydroxylation is 2. The molecule has 2 aromatic heterocycles. The van der Waals surface area contributed by atoms with E-state index in [9.17, 15) is 0 Å². The van der Waals surface area contributed by atoms with Crippen LogP contribution in [-0.4, -0.2) is 4.98 Å². The third kappa shape index (κ3) is 2.41. The second kappa shape index (κ2) is 4.49. The zero-order chi connectivity index (χ0) is 12.4. The largest absolute Gasteiger partial charge is 0.466 e. The predicted molar refractivity (Wildman–Crippen MR) is 68.9 cm³/mol. The molecule has 0 aliphatic heterocycles. The van der Waals surface area contributed by atoms with Crippen LogP contribution in [0.5, 0.6) is 0 Å². The lowest BCUT2D eigenvalue weighted by atomic mass is 10.1. The third-order valence-electron chi connectivity index (χ3n) is 2.74. The Hall–Kier alpha value is -1.97. The third-order valence-corrected chi connectivity index (χ3v) is 2.74. The van der Waals surface area contributed by atoms with Crippen LogP contribution < -0.4 is 11.1 Å². The Labute approximate surface area is 101 Å². The first-order chi connectivity index (χ1) is 8.08. The average Bonchev–Trinajstić information content (AvgIpc) is 2.61. The maximum absolute atomic E-state index is 5.84. The number of nitrogens with one attached hydrogen (secondary N) is 1. The minimum absolute atomic E-state index is 0.115. The Bertz CT molecular complexity index is 519. The molecule has 3 N–H and O–H groups in total. The smallest absolute Gasteiger partial charge is 0.149 e. The van der Waals surface area contributed by atoms with Crippen LogP contribution >= 0.6 is 0 Å². The van der Waals surface area contributed by atoms with E-state index in [1.54, 1.807) is 6.20 Å². The van der Waals surface area contributed by atoms with E-state index in [4.69, 9.17) is 10.2 Å². The minimum Gasteiger partial charge on any atom is -0.466 e. The number of hydrogen-bond acceptors (Lipinski definition) is 4. The van der Waals surface area contributed by atoms with Crippen LogP contribution in [0.15, 0.2) is 28.8 Å². The van der Waals surface area contributed by atoms with Crippen molar-refractivity contribution in [2.24, 2.45) is 0 Å². The topological polar surface area (TPSA) is 64.1 Å². The molecular formula is C13H17N3O. The van der Waals surface area contributed by atoms with Gasteiger partial charge in [-0.3, -0.25) is 0 Å². The standard InChI is InChI=1S/C13H17N3O/c1-8-7-11(10(3)17-8)9(2)16-13-12(14)5-4-6-15-13/h4-7,9H,14H2,1-3H3,(H,15,16). The van der Waals surface area contributed by atoms with Gasteiger partial charge in [0.2, 0.25) is 0 Å². The quantitative estimate of drug-likeness (QED) is 0.852. The lowest BCUT2D eigenvalue weighted by Gasteiger charge is -2.15. The molecule has 0 radical (unpaired) electrons. The first kappa shape index (κ1) is 11.5. The molecule has 0 saturated carbocycles. The van der Waals surface area contributed by atoms with Gasteiger partial charge >= 0.3 is 0 Å². The maximum Gasteiger partial charge on any atom is 0.149 e. The van der Waals surface area contributed by atoms with Gasteiger partial charge in [-0.25, -0.2) is 4.98 Å². The van der Waals surface area contributed by atoms with Crippen LogP contribution in [-0.2, 0) is 0 Å². The zero-order valence-corrected chi connectivity index (χ0v) is 10.3. The van der Waals surface area contributed by atoms with Crippen LogP contribution in [0.2, 0.25) is 0 Å². The van der Waals surface area contributed by atoms with Gasteiger partial charge in [-0.05, 0) is 39.0 Å². The number of anilines is 2. The predicted octanol–water partition coefficient (Wildman–Crippen LogP) is 3.05. The summed E-state index contributed by atoms with van der Waals surface area (Å²) in [5.74, 6) is 2.55. The van der Waals surface area contributed by atoms with Crippen molar-refractivity contribution in [3.05, 3.63) is 41.5 Å². The number of furan rings is 1. The van der Waals surface area contributed by atoms with Gasteiger partial charge < -0.3 is 15.5 Å². The lowest BCUT2D eigenvalue weighted by molar-refractivity contribution is 0.500. The Kier molecular flexibility index (Phi) is 3.04. The highest BCUT2D eigenvalue weighted by molar-refractivity contribution is 5.61. The number of rotatable bonds is 3. The van der Waals surface area contributed by atoms with Crippen LogP contribution in [0.1, 0.15) is 30.0 Å². The van der Waals surface area contributed by atoms with Crippen molar-refractivity contribution in [3.8, 4) is 0 Å². The highest BCUT2D eigenvalue weighted by Crippen LogP contribution is 2.25. The fraction of sp³-hybridized carbons (Fsp3) is 0.308. The zero-order valence-electron chi connectivity index (χ0n) is 10.3. The Morgan fingerprint density at radius 2 is 2.18 bits per heavy atom.